The van der Waals surface area contributed by atoms with Gasteiger partial charge in [0.15, 0.2) is 21.5 Å². The highest BCUT2D eigenvalue weighted by atomic mass is 35.5. The van der Waals surface area contributed by atoms with E-state index in [1.54, 1.807) is 0 Å². The van der Waals surface area contributed by atoms with Crippen LogP contribution >= 0.6 is 11.6 Å². The van der Waals surface area contributed by atoms with E-state index in [1.807, 2.05) is 0 Å². The highest BCUT2D eigenvalue weighted by Crippen LogP contribution is 2.39. The molecule has 3 aromatic rings. The van der Waals surface area contributed by atoms with Crippen LogP contribution in [-0.4, -0.2) is 34.7 Å². The van der Waals surface area contributed by atoms with Crippen LogP contribution < -0.4 is 11.1 Å². The van der Waals surface area contributed by atoms with E-state index in [0.29, 0.717) is 5.69 Å². The summed E-state index contributed by atoms with van der Waals surface area (Å²) in [6, 6.07) is 5.50. The zero-order chi connectivity index (χ0) is 23.5. The summed E-state index contributed by atoms with van der Waals surface area (Å²) in [6.07, 6.45) is 2.38. The number of hydrogen-bond acceptors (Lipinski definition) is 7. The van der Waals surface area contributed by atoms with Crippen molar-refractivity contribution in [3.8, 4) is 0 Å². The van der Waals surface area contributed by atoms with Gasteiger partial charge in [0.2, 0.25) is 0 Å². The van der Waals surface area contributed by atoms with Crippen molar-refractivity contribution >= 4 is 49.7 Å². The molecule has 7 nitrogen and oxygen atoms in total. The molecule has 3 heterocycles. The highest BCUT2D eigenvalue weighted by Gasteiger charge is 2.49. The van der Waals surface area contributed by atoms with Crippen molar-refractivity contribution in [1.29, 1.82) is 0 Å². The monoisotopic (exact) mass is 479 g/mol. The van der Waals surface area contributed by atoms with Crippen molar-refractivity contribution in [3.05, 3.63) is 58.9 Å². The van der Waals surface area contributed by atoms with Gasteiger partial charge in [0, 0.05) is 22.8 Å². The summed E-state index contributed by atoms with van der Waals surface area (Å²) in [5.74, 6) is -1.50. The zero-order valence-corrected chi connectivity index (χ0v) is 19.0. The van der Waals surface area contributed by atoms with E-state index in [9.17, 15) is 17.2 Å². The Kier molecular flexibility index (Phi) is 5.13. The van der Waals surface area contributed by atoms with Crippen LogP contribution in [0.1, 0.15) is 26.3 Å². The smallest absolute Gasteiger partial charge is 0.165 e. The Balaban J connectivity index is 1.79. The second kappa shape index (κ2) is 7.35. The van der Waals surface area contributed by atoms with E-state index < -0.39 is 37.5 Å². The first kappa shape index (κ1) is 22.3. The number of amidine groups is 1. The third-order valence-electron chi connectivity index (χ3n) is 5.68. The van der Waals surface area contributed by atoms with Gasteiger partial charge in [-0.15, -0.1) is 0 Å². The number of aliphatic imine (C=N–C) groups is 1. The molecule has 0 fully saturated rings. The number of sulfone groups is 1. The molecule has 168 valence electrons. The molecule has 0 saturated carbocycles. The number of fused-ring (bicyclic) bond motifs is 1. The molecule has 2 aromatic heterocycles. The molecule has 32 heavy (non-hydrogen) atoms. The van der Waals surface area contributed by atoms with Gasteiger partial charge < -0.3 is 11.1 Å². The van der Waals surface area contributed by atoms with E-state index in [-0.39, 0.29) is 33.1 Å². The number of benzene rings is 1. The minimum Gasteiger partial charge on any atom is -0.386 e. The first-order chi connectivity index (χ1) is 14.8. The van der Waals surface area contributed by atoms with E-state index in [0.717, 1.165) is 6.20 Å². The molecule has 4 rings (SSSR count). The summed E-state index contributed by atoms with van der Waals surface area (Å²) in [5, 5.41) is 3.42. The van der Waals surface area contributed by atoms with E-state index in [4.69, 9.17) is 17.3 Å². The molecule has 1 unspecified atom stereocenters. The van der Waals surface area contributed by atoms with Crippen molar-refractivity contribution in [2.75, 3.05) is 11.1 Å². The predicted octanol–water partition coefficient (Wildman–Crippen LogP) is 4.08. The standard InChI is InChI=1S/C21H20ClF2N5O2S/c1-20(2)19(25)29-21(3,10-32(20,30)31)14-7-12(4-5-15(14)23)28-18-17-13(16(24)9-27-18)6-11(22)8-26-17/h4-9H,10H2,1-3H3,(H2,25,29)(H,27,28). The fourth-order valence-corrected chi connectivity index (χ4v) is 5.43. The Morgan fingerprint density at radius 2 is 1.81 bits per heavy atom. The van der Waals surface area contributed by atoms with Gasteiger partial charge in [-0.1, -0.05) is 11.6 Å². The van der Waals surface area contributed by atoms with Crippen molar-refractivity contribution < 1.29 is 17.2 Å². The largest absolute Gasteiger partial charge is 0.386 e. The van der Waals surface area contributed by atoms with Gasteiger partial charge >= 0.3 is 0 Å². The molecule has 1 aliphatic heterocycles. The number of rotatable bonds is 3. The fourth-order valence-electron chi connectivity index (χ4n) is 3.59. The summed E-state index contributed by atoms with van der Waals surface area (Å²) in [5.41, 5.74) is 5.21. The maximum atomic E-state index is 14.8. The molecule has 0 spiro atoms. The lowest BCUT2D eigenvalue weighted by Gasteiger charge is -2.38. The molecular formula is C21H20ClF2N5O2S. The van der Waals surface area contributed by atoms with Gasteiger partial charge in [-0.3, -0.25) is 9.98 Å². The van der Waals surface area contributed by atoms with E-state index >= 15 is 0 Å². The number of pyridine rings is 2. The molecule has 3 N–H and O–H groups in total. The lowest BCUT2D eigenvalue weighted by atomic mass is 9.92. The fraction of sp³-hybridized carbons (Fsp3) is 0.286. The molecule has 0 aliphatic carbocycles. The topological polar surface area (TPSA) is 110 Å². The number of anilines is 2. The Morgan fingerprint density at radius 1 is 1.09 bits per heavy atom. The first-order valence-corrected chi connectivity index (χ1v) is 11.6. The maximum absolute atomic E-state index is 14.8. The Morgan fingerprint density at radius 3 is 2.50 bits per heavy atom. The van der Waals surface area contributed by atoms with Gasteiger partial charge in [-0.2, -0.15) is 0 Å². The lowest BCUT2D eigenvalue weighted by molar-refractivity contribution is 0.476. The average molecular weight is 480 g/mol. The predicted molar refractivity (Wildman–Crippen MR) is 121 cm³/mol. The van der Waals surface area contributed by atoms with Gasteiger partial charge in [0.05, 0.1) is 17.0 Å². The normalized spacial score (nSPS) is 21.9. The van der Waals surface area contributed by atoms with Crippen molar-refractivity contribution in [3.63, 3.8) is 0 Å². The molecule has 0 radical (unpaired) electrons. The average Bonchev–Trinajstić information content (AvgIpc) is 2.70. The minimum absolute atomic E-state index is 0.0481. The third-order valence-corrected chi connectivity index (χ3v) is 8.60. The number of nitrogens with zero attached hydrogens (tertiary/aromatic N) is 3. The lowest BCUT2D eigenvalue weighted by Crippen LogP contribution is -2.54. The van der Waals surface area contributed by atoms with Crippen LogP contribution in [-0.2, 0) is 15.4 Å². The van der Waals surface area contributed by atoms with Gasteiger partial charge in [0.25, 0.3) is 0 Å². The first-order valence-electron chi connectivity index (χ1n) is 9.59. The van der Waals surface area contributed by atoms with Crippen LogP contribution in [0.15, 0.2) is 41.7 Å². The Bertz CT molecular complexity index is 1390. The quantitative estimate of drug-likeness (QED) is 0.585. The Labute approximate surface area is 188 Å². The summed E-state index contributed by atoms with van der Waals surface area (Å²) in [6.45, 7) is 4.46. The van der Waals surface area contributed by atoms with E-state index in [1.165, 1.54) is 51.2 Å². The van der Waals surface area contributed by atoms with Crippen molar-refractivity contribution in [2.24, 2.45) is 10.7 Å². The van der Waals surface area contributed by atoms with Gasteiger partial charge in [-0.25, -0.2) is 22.2 Å². The third kappa shape index (κ3) is 3.57. The number of nitrogens with two attached hydrogens (primary N) is 1. The SMILES string of the molecule is CC1(c2cc(Nc3ncc(F)c4cc(Cl)cnc34)ccc2F)CS(=O)(=O)C(C)(C)C(N)=N1. The summed E-state index contributed by atoms with van der Waals surface area (Å²) >= 11 is 5.91. The summed E-state index contributed by atoms with van der Waals surface area (Å²) in [4.78, 5) is 12.5. The molecule has 1 aromatic carbocycles. The molecule has 1 atom stereocenters. The van der Waals surface area contributed by atoms with E-state index in [2.05, 4.69) is 20.3 Å². The van der Waals surface area contributed by atoms with Crippen LogP contribution in [0.2, 0.25) is 5.02 Å². The zero-order valence-electron chi connectivity index (χ0n) is 17.4. The number of hydrogen-bond donors (Lipinski definition) is 2. The number of halogens is 3. The molecule has 0 bridgehead atoms. The van der Waals surface area contributed by atoms with Crippen LogP contribution in [0.3, 0.4) is 0 Å². The second-order valence-electron chi connectivity index (χ2n) is 8.36. The second-order valence-corrected chi connectivity index (χ2v) is 11.3. The number of nitrogens with one attached hydrogen (secondary N) is 1. The van der Waals surface area contributed by atoms with Crippen LogP contribution in [0, 0.1) is 11.6 Å². The highest BCUT2D eigenvalue weighted by molar-refractivity contribution is 7.93. The van der Waals surface area contributed by atoms with Crippen LogP contribution in [0.25, 0.3) is 10.9 Å². The van der Waals surface area contributed by atoms with Gasteiger partial charge in [0.1, 0.15) is 27.5 Å². The maximum Gasteiger partial charge on any atom is 0.165 e. The summed E-state index contributed by atoms with van der Waals surface area (Å²) < 4.78 is 53.3. The van der Waals surface area contributed by atoms with Crippen molar-refractivity contribution in [2.45, 2.75) is 31.1 Å². The molecular weight excluding hydrogens is 460 g/mol. The minimum atomic E-state index is -3.71. The molecule has 0 saturated heterocycles. The van der Waals surface area contributed by atoms with Crippen molar-refractivity contribution in [1.82, 2.24) is 9.97 Å². The van der Waals surface area contributed by atoms with Crippen LogP contribution in [0.5, 0.6) is 0 Å². The van der Waals surface area contributed by atoms with Crippen LogP contribution in [0.4, 0.5) is 20.3 Å². The molecule has 11 heteroatoms. The Hall–Kier alpha value is -2.85. The molecule has 0 amide bonds. The summed E-state index contributed by atoms with van der Waals surface area (Å²) in [7, 11) is -3.71. The number of aromatic nitrogens is 2. The molecule has 1 aliphatic rings. The van der Waals surface area contributed by atoms with Gasteiger partial charge in [-0.05, 0) is 45.0 Å².